The van der Waals surface area contributed by atoms with Gasteiger partial charge in [0.1, 0.15) is 0 Å². The lowest BCUT2D eigenvalue weighted by atomic mass is 10.1. The summed E-state index contributed by atoms with van der Waals surface area (Å²) in [6.07, 6.45) is 1.55. The molecule has 17 heavy (non-hydrogen) atoms. The third-order valence-corrected chi connectivity index (χ3v) is 2.63. The Morgan fingerprint density at radius 3 is 2.94 bits per heavy atom. The monoisotopic (exact) mass is 241 g/mol. The molecule has 0 bridgehead atoms. The van der Waals surface area contributed by atoms with Crippen LogP contribution >= 0.6 is 0 Å². The molecule has 0 fully saturated rings. The third-order valence-electron chi connectivity index (χ3n) is 2.63. The molecule has 0 spiro atoms. The van der Waals surface area contributed by atoms with Crippen molar-refractivity contribution in [1.82, 2.24) is 20.3 Å². The summed E-state index contributed by atoms with van der Waals surface area (Å²) in [7, 11) is 0. The van der Waals surface area contributed by atoms with Gasteiger partial charge in [0.25, 0.3) is 5.91 Å². The second-order valence-corrected chi connectivity index (χ2v) is 4.08. The molecule has 1 amide bonds. The van der Waals surface area contributed by atoms with Crippen LogP contribution in [0.2, 0.25) is 0 Å². The van der Waals surface area contributed by atoms with Gasteiger partial charge in [-0.15, -0.1) is 5.10 Å². The Morgan fingerprint density at radius 1 is 1.65 bits per heavy atom. The predicted octanol–water partition coefficient (Wildman–Crippen LogP) is -1.02. The number of hydrogen-bond acceptors (Lipinski definition) is 5. The van der Waals surface area contributed by atoms with Crippen molar-refractivity contribution in [2.45, 2.75) is 26.4 Å². The molecule has 0 saturated carbocycles. The van der Waals surface area contributed by atoms with Crippen LogP contribution in [0.3, 0.4) is 0 Å². The number of aromatic nitrogens is 3. The molecule has 7 nitrogen and oxygen atoms in total. The zero-order valence-electron chi connectivity index (χ0n) is 10.1. The Morgan fingerprint density at radius 2 is 2.35 bits per heavy atom. The largest absolute Gasteiger partial charge is 0.396 e. The Labute approximate surface area is 100.0 Å². The first-order valence-electron chi connectivity index (χ1n) is 5.60. The maximum atomic E-state index is 11.8. The molecule has 2 atom stereocenters. The number of rotatable bonds is 6. The van der Waals surface area contributed by atoms with E-state index in [9.17, 15) is 4.79 Å². The summed E-state index contributed by atoms with van der Waals surface area (Å²) in [5.74, 6) is -0.292. The van der Waals surface area contributed by atoms with Gasteiger partial charge >= 0.3 is 0 Å². The number of carbonyl (C=O) groups is 1. The molecular weight excluding hydrogens is 222 g/mol. The maximum absolute atomic E-state index is 11.8. The van der Waals surface area contributed by atoms with E-state index in [4.69, 9.17) is 10.8 Å². The van der Waals surface area contributed by atoms with Crippen LogP contribution in [0.5, 0.6) is 0 Å². The van der Waals surface area contributed by atoms with Crippen LogP contribution < -0.4 is 11.1 Å². The van der Waals surface area contributed by atoms with Crippen molar-refractivity contribution in [3.63, 3.8) is 0 Å². The van der Waals surface area contributed by atoms with E-state index in [0.29, 0.717) is 13.1 Å². The molecule has 1 rings (SSSR count). The Bertz CT molecular complexity index is 365. The van der Waals surface area contributed by atoms with Gasteiger partial charge in [-0.1, -0.05) is 12.1 Å². The minimum Gasteiger partial charge on any atom is -0.396 e. The van der Waals surface area contributed by atoms with Crippen LogP contribution in [0.15, 0.2) is 6.20 Å². The molecule has 0 radical (unpaired) electrons. The zero-order valence-corrected chi connectivity index (χ0v) is 10.1. The van der Waals surface area contributed by atoms with Crippen molar-refractivity contribution in [2.24, 2.45) is 11.7 Å². The normalized spacial score (nSPS) is 14.4. The number of hydrogen-bond donors (Lipinski definition) is 3. The molecule has 4 N–H and O–H groups in total. The topological polar surface area (TPSA) is 106 Å². The first kappa shape index (κ1) is 13.6. The van der Waals surface area contributed by atoms with Gasteiger partial charge < -0.3 is 16.2 Å². The van der Waals surface area contributed by atoms with Gasteiger partial charge in [0, 0.05) is 19.2 Å². The van der Waals surface area contributed by atoms with Crippen molar-refractivity contribution in [1.29, 1.82) is 0 Å². The number of carbonyl (C=O) groups excluding carboxylic acids is 1. The molecule has 0 aliphatic rings. The van der Waals surface area contributed by atoms with E-state index >= 15 is 0 Å². The lowest BCUT2D eigenvalue weighted by Crippen LogP contribution is -2.38. The summed E-state index contributed by atoms with van der Waals surface area (Å²) >= 11 is 0. The summed E-state index contributed by atoms with van der Waals surface area (Å²) in [5.41, 5.74) is 5.63. The van der Waals surface area contributed by atoms with E-state index in [1.165, 1.54) is 4.68 Å². The number of nitrogens with one attached hydrogen (secondary N) is 1. The fourth-order valence-corrected chi connectivity index (χ4v) is 1.23. The molecule has 0 aliphatic carbocycles. The van der Waals surface area contributed by atoms with Gasteiger partial charge in [0.05, 0.1) is 12.7 Å². The van der Waals surface area contributed by atoms with E-state index in [1.54, 1.807) is 6.20 Å². The van der Waals surface area contributed by atoms with Gasteiger partial charge in [0.15, 0.2) is 5.69 Å². The van der Waals surface area contributed by atoms with Crippen molar-refractivity contribution in [3.05, 3.63) is 11.9 Å². The first-order valence-corrected chi connectivity index (χ1v) is 5.60. The second-order valence-electron chi connectivity index (χ2n) is 4.08. The molecular formula is C10H19N5O2. The second kappa shape index (κ2) is 6.31. The summed E-state index contributed by atoms with van der Waals surface area (Å²) in [5, 5.41) is 19.3. The fourth-order valence-electron chi connectivity index (χ4n) is 1.23. The summed E-state index contributed by atoms with van der Waals surface area (Å²) in [4.78, 5) is 11.8. The number of aliphatic hydroxyl groups excluding tert-OH is 1. The van der Waals surface area contributed by atoms with E-state index in [-0.39, 0.29) is 30.2 Å². The number of nitrogens with two attached hydrogens (primary N) is 1. The van der Waals surface area contributed by atoms with Gasteiger partial charge in [-0.25, -0.2) is 0 Å². The van der Waals surface area contributed by atoms with Gasteiger partial charge in [0.2, 0.25) is 0 Å². The molecule has 0 aliphatic heterocycles. The molecule has 96 valence electrons. The highest BCUT2D eigenvalue weighted by atomic mass is 16.3. The minimum absolute atomic E-state index is 0.00182. The third kappa shape index (κ3) is 3.79. The molecule has 2 unspecified atom stereocenters. The van der Waals surface area contributed by atoms with Crippen molar-refractivity contribution in [2.75, 3.05) is 13.2 Å². The standard InChI is InChI=1S/C10H19N5O2/c1-7(6-16)8(2)12-10(17)9-5-15(4-3-11)14-13-9/h5,7-8,16H,3-4,6,11H2,1-2H3,(H,12,17). The Kier molecular flexibility index (Phi) is 5.05. The van der Waals surface area contributed by atoms with Crippen molar-refractivity contribution in [3.8, 4) is 0 Å². The SMILES string of the molecule is CC(CO)C(C)NC(=O)c1cn(CCN)nn1. The predicted molar refractivity (Wildman–Crippen MR) is 62.3 cm³/mol. The van der Waals surface area contributed by atoms with Crippen molar-refractivity contribution < 1.29 is 9.90 Å². The minimum atomic E-state index is -0.291. The quantitative estimate of drug-likeness (QED) is 0.591. The first-order chi connectivity index (χ1) is 8.08. The maximum Gasteiger partial charge on any atom is 0.273 e. The van der Waals surface area contributed by atoms with Crippen molar-refractivity contribution >= 4 is 5.91 Å². The van der Waals surface area contributed by atoms with Crippen LogP contribution in [0, 0.1) is 5.92 Å². The van der Waals surface area contributed by atoms with Gasteiger partial charge in [-0.2, -0.15) is 0 Å². The highest BCUT2D eigenvalue weighted by Crippen LogP contribution is 2.02. The van der Waals surface area contributed by atoms with E-state index in [1.807, 2.05) is 13.8 Å². The fraction of sp³-hybridized carbons (Fsp3) is 0.700. The average molecular weight is 241 g/mol. The molecule has 7 heteroatoms. The van der Waals surface area contributed by atoms with Gasteiger partial charge in [-0.3, -0.25) is 9.48 Å². The number of aliphatic hydroxyl groups is 1. The molecule has 0 aromatic carbocycles. The van der Waals surface area contributed by atoms with Crippen LogP contribution in [0.1, 0.15) is 24.3 Å². The van der Waals surface area contributed by atoms with Crippen LogP contribution in [0.25, 0.3) is 0 Å². The van der Waals surface area contributed by atoms with E-state index in [0.717, 1.165) is 0 Å². The summed E-state index contributed by atoms with van der Waals surface area (Å²) in [6.45, 7) is 4.70. The highest BCUT2D eigenvalue weighted by Gasteiger charge is 2.17. The van der Waals surface area contributed by atoms with E-state index < -0.39 is 0 Å². The molecule has 0 saturated heterocycles. The van der Waals surface area contributed by atoms with E-state index in [2.05, 4.69) is 15.6 Å². The zero-order chi connectivity index (χ0) is 12.8. The van der Waals surface area contributed by atoms with Gasteiger partial charge in [-0.05, 0) is 12.8 Å². The summed E-state index contributed by atoms with van der Waals surface area (Å²) < 4.78 is 1.52. The summed E-state index contributed by atoms with van der Waals surface area (Å²) in [6, 6.07) is -0.118. The lowest BCUT2D eigenvalue weighted by Gasteiger charge is -2.18. The number of amides is 1. The molecule has 1 aromatic rings. The Balaban J connectivity index is 2.57. The Hall–Kier alpha value is -1.47. The van der Waals surface area contributed by atoms with Crippen LogP contribution in [0.4, 0.5) is 0 Å². The van der Waals surface area contributed by atoms with Crippen LogP contribution in [-0.2, 0) is 6.54 Å². The smallest absolute Gasteiger partial charge is 0.273 e. The molecule has 1 heterocycles. The highest BCUT2D eigenvalue weighted by molar-refractivity contribution is 5.92. The number of nitrogens with zero attached hydrogens (tertiary/aromatic N) is 3. The average Bonchev–Trinajstić information content (AvgIpc) is 2.77. The molecule has 1 aromatic heterocycles. The van der Waals surface area contributed by atoms with Crippen LogP contribution in [-0.4, -0.2) is 45.2 Å². The lowest BCUT2D eigenvalue weighted by molar-refractivity contribution is 0.0911.